The summed E-state index contributed by atoms with van der Waals surface area (Å²) in [6.45, 7) is 4.38. The molecule has 1 aliphatic rings. The standard InChI is InChI=1S/C73H139NO10/c1-3-5-7-9-11-13-15-40-43-47-51-55-59-66(76)65(64-83-73-72(81)71(80)70(79)67(63-75)84-73)74-68(77)60-56-52-48-44-41-37-35-33-31-29-27-25-23-21-19-17-16-18-20-22-24-26-28-30-32-34-36-38-42-46-50-54-58-62-82-69(78)61-57-53-49-45-39-14-12-10-8-6-4-2/h20,22,55,59,65-67,70-73,75-76,79-81H,3-19,21,23-54,56-58,60-64H2,1-2H3,(H,74,77)/b22-20-,59-55+. The smallest absolute Gasteiger partial charge is 0.305 e. The first-order valence-electron chi connectivity index (χ1n) is 36.6. The monoisotopic (exact) mass is 1190 g/mol. The van der Waals surface area contributed by atoms with Crippen LogP contribution in [0.5, 0.6) is 0 Å². The van der Waals surface area contributed by atoms with Gasteiger partial charge < -0.3 is 45.1 Å². The Labute approximate surface area is 518 Å². The molecule has 0 spiro atoms. The summed E-state index contributed by atoms with van der Waals surface area (Å²) in [4.78, 5) is 25.1. The topological polar surface area (TPSA) is 175 Å². The molecule has 0 radical (unpaired) electrons. The van der Waals surface area contributed by atoms with Crippen LogP contribution in [0.4, 0.5) is 0 Å². The molecule has 6 N–H and O–H groups in total. The third kappa shape index (κ3) is 51.1. The van der Waals surface area contributed by atoms with E-state index in [9.17, 15) is 35.1 Å². The molecule has 1 heterocycles. The third-order valence-corrected chi connectivity index (χ3v) is 17.6. The summed E-state index contributed by atoms with van der Waals surface area (Å²) < 4.78 is 16.7. The predicted octanol–water partition coefficient (Wildman–Crippen LogP) is 18.8. The number of rotatable bonds is 65. The second-order valence-corrected chi connectivity index (χ2v) is 25.7. The lowest BCUT2D eigenvalue weighted by Crippen LogP contribution is -2.60. The number of esters is 1. The Balaban J connectivity index is 1.94. The van der Waals surface area contributed by atoms with Crippen molar-refractivity contribution in [1.29, 1.82) is 0 Å². The molecule has 496 valence electrons. The fraction of sp³-hybridized carbons (Fsp3) is 0.918. The Kier molecular flexibility index (Phi) is 59.9. The number of aliphatic hydroxyl groups is 5. The van der Waals surface area contributed by atoms with Crippen molar-refractivity contribution in [2.75, 3.05) is 19.8 Å². The molecule has 0 saturated carbocycles. The lowest BCUT2D eigenvalue weighted by Gasteiger charge is -2.40. The van der Waals surface area contributed by atoms with Gasteiger partial charge in [-0.15, -0.1) is 0 Å². The van der Waals surface area contributed by atoms with Crippen molar-refractivity contribution in [1.82, 2.24) is 5.32 Å². The van der Waals surface area contributed by atoms with E-state index in [2.05, 4.69) is 31.3 Å². The van der Waals surface area contributed by atoms with Crippen molar-refractivity contribution in [3.63, 3.8) is 0 Å². The second-order valence-electron chi connectivity index (χ2n) is 25.7. The molecule has 0 aromatic rings. The lowest BCUT2D eigenvalue weighted by molar-refractivity contribution is -0.302. The molecular weight excluding hydrogens is 1050 g/mol. The Bertz CT molecular complexity index is 1440. The van der Waals surface area contributed by atoms with Crippen LogP contribution >= 0.6 is 0 Å². The summed E-state index contributed by atoms with van der Waals surface area (Å²) >= 11 is 0. The van der Waals surface area contributed by atoms with Gasteiger partial charge in [0, 0.05) is 12.8 Å². The highest BCUT2D eigenvalue weighted by molar-refractivity contribution is 5.76. The average molecular weight is 1190 g/mol. The van der Waals surface area contributed by atoms with Gasteiger partial charge in [0.2, 0.25) is 5.91 Å². The maximum absolute atomic E-state index is 13.1. The number of carbonyl (C=O) groups excluding carboxylic acids is 2. The molecule has 11 heteroatoms. The van der Waals surface area contributed by atoms with Crippen LogP contribution < -0.4 is 5.32 Å². The number of aliphatic hydroxyl groups excluding tert-OH is 5. The molecule has 1 saturated heterocycles. The van der Waals surface area contributed by atoms with Gasteiger partial charge in [-0.25, -0.2) is 0 Å². The summed E-state index contributed by atoms with van der Waals surface area (Å²) in [5, 5.41) is 54.5. The number of nitrogens with one attached hydrogen (secondary N) is 1. The molecule has 0 aliphatic carbocycles. The first kappa shape index (κ1) is 80.2. The zero-order valence-corrected chi connectivity index (χ0v) is 55.1. The molecule has 0 aromatic heterocycles. The van der Waals surface area contributed by atoms with E-state index >= 15 is 0 Å². The van der Waals surface area contributed by atoms with Gasteiger partial charge in [-0.2, -0.15) is 0 Å². The summed E-state index contributed by atoms with van der Waals surface area (Å²) in [6.07, 6.45) is 69.0. The van der Waals surface area contributed by atoms with Crippen LogP contribution in [0, 0.1) is 0 Å². The minimum Gasteiger partial charge on any atom is -0.466 e. The fourth-order valence-electron chi connectivity index (χ4n) is 11.8. The van der Waals surface area contributed by atoms with E-state index < -0.39 is 49.5 Å². The van der Waals surface area contributed by atoms with Gasteiger partial charge in [-0.3, -0.25) is 9.59 Å². The largest absolute Gasteiger partial charge is 0.466 e. The van der Waals surface area contributed by atoms with Crippen molar-refractivity contribution in [2.45, 2.75) is 410 Å². The van der Waals surface area contributed by atoms with E-state index in [-0.39, 0.29) is 18.5 Å². The van der Waals surface area contributed by atoms with Crippen LogP contribution in [0.3, 0.4) is 0 Å². The van der Waals surface area contributed by atoms with Gasteiger partial charge in [0.15, 0.2) is 6.29 Å². The second kappa shape index (κ2) is 62.7. The number of carbonyl (C=O) groups is 2. The Morgan fingerprint density at radius 3 is 1.14 bits per heavy atom. The number of unbranched alkanes of at least 4 members (excludes halogenated alkanes) is 49. The highest BCUT2D eigenvalue weighted by Gasteiger charge is 2.44. The maximum Gasteiger partial charge on any atom is 0.305 e. The van der Waals surface area contributed by atoms with E-state index in [1.54, 1.807) is 6.08 Å². The Morgan fingerprint density at radius 1 is 0.429 bits per heavy atom. The number of amides is 1. The Morgan fingerprint density at radius 2 is 0.762 bits per heavy atom. The molecule has 7 unspecified atom stereocenters. The highest BCUT2D eigenvalue weighted by atomic mass is 16.7. The molecule has 1 fully saturated rings. The van der Waals surface area contributed by atoms with Crippen molar-refractivity contribution in [3.8, 4) is 0 Å². The molecule has 1 aliphatic heterocycles. The number of hydrogen-bond acceptors (Lipinski definition) is 10. The van der Waals surface area contributed by atoms with Crippen LogP contribution in [0.1, 0.15) is 367 Å². The van der Waals surface area contributed by atoms with Gasteiger partial charge in [0.1, 0.15) is 24.4 Å². The van der Waals surface area contributed by atoms with Crippen LogP contribution in [0.15, 0.2) is 24.3 Å². The van der Waals surface area contributed by atoms with Crippen molar-refractivity contribution < 1.29 is 49.3 Å². The number of hydrogen-bond donors (Lipinski definition) is 6. The molecule has 0 aromatic carbocycles. The van der Waals surface area contributed by atoms with Crippen LogP contribution in [0.2, 0.25) is 0 Å². The minimum absolute atomic E-state index is 0.0117. The predicted molar refractivity (Wildman–Crippen MR) is 352 cm³/mol. The normalized spacial score (nSPS) is 18.1. The highest BCUT2D eigenvalue weighted by Crippen LogP contribution is 2.23. The average Bonchev–Trinajstić information content (AvgIpc) is 3.70. The summed E-state index contributed by atoms with van der Waals surface area (Å²) in [5.74, 6) is -0.165. The van der Waals surface area contributed by atoms with E-state index in [0.717, 1.165) is 51.4 Å². The summed E-state index contributed by atoms with van der Waals surface area (Å²) in [7, 11) is 0. The van der Waals surface area contributed by atoms with Gasteiger partial charge in [-0.1, -0.05) is 321 Å². The summed E-state index contributed by atoms with van der Waals surface area (Å²) in [6, 6.07) is -0.807. The van der Waals surface area contributed by atoms with E-state index in [1.807, 2.05) is 6.08 Å². The summed E-state index contributed by atoms with van der Waals surface area (Å²) in [5.41, 5.74) is 0. The number of allylic oxidation sites excluding steroid dienone is 3. The molecular formula is C73H139NO10. The zero-order valence-electron chi connectivity index (χ0n) is 55.1. The third-order valence-electron chi connectivity index (χ3n) is 17.6. The first-order chi connectivity index (χ1) is 41.2. The van der Waals surface area contributed by atoms with Crippen LogP contribution in [-0.2, 0) is 23.8 Å². The van der Waals surface area contributed by atoms with Crippen molar-refractivity contribution in [2.24, 2.45) is 0 Å². The van der Waals surface area contributed by atoms with Gasteiger partial charge in [-0.05, 0) is 57.8 Å². The first-order valence-corrected chi connectivity index (χ1v) is 36.6. The van der Waals surface area contributed by atoms with Crippen molar-refractivity contribution >= 4 is 11.9 Å². The zero-order chi connectivity index (χ0) is 60.9. The molecule has 7 atom stereocenters. The quantitative estimate of drug-likeness (QED) is 0.0195. The van der Waals surface area contributed by atoms with Gasteiger partial charge in [0.05, 0.1) is 32.0 Å². The molecule has 1 rings (SSSR count). The minimum atomic E-state index is -1.57. The molecule has 1 amide bonds. The number of ether oxygens (including phenoxy) is 3. The van der Waals surface area contributed by atoms with E-state index in [4.69, 9.17) is 14.2 Å². The van der Waals surface area contributed by atoms with Gasteiger partial charge in [0.25, 0.3) is 0 Å². The van der Waals surface area contributed by atoms with E-state index in [1.165, 1.54) is 289 Å². The van der Waals surface area contributed by atoms with Gasteiger partial charge >= 0.3 is 5.97 Å². The van der Waals surface area contributed by atoms with Crippen LogP contribution in [0.25, 0.3) is 0 Å². The molecule has 0 bridgehead atoms. The molecule has 84 heavy (non-hydrogen) atoms. The maximum atomic E-state index is 13.1. The molecule has 11 nitrogen and oxygen atoms in total. The van der Waals surface area contributed by atoms with Crippen LogP contribution in [-0.4, -0.2) is 100 Å². The Hall–Kier alpha value is -1.86. The van der Waals surface area contributed by atoms with Crippen molar-refractivity contribution in [3.05, 3.63) is 24.3 Å². The lowest BCUT2D eigenvalue weighted by atomic mass is 9.99. The SMILES string of the molecule is CCCCCCCCCCCC/C=C/C(O)C(COC1OC(CO)C(O)C(O)C1O)NC(=O)CCCCCCCCCCCCCCCCCCC/C=C\CCCCCCCCCCCCCCOC(=O)CCCCCCCCCCCCC. The van der Waals surface area contributed by atoms with E-state index in [0.29, 0.717) is 19.4 Å². The fourth-order valence-corrected chi connectivity index (χ4v) is 11.8.